The lowest BCUT2D eigenvalue weighted by molar-refractivity contribution is 0.0811. The zero-order valence-corrected chi connectivity index (χ0v) is 8.32. The second-order valence-corrected chi connectivity index (χ2v) is 3.00. The van der Waals surface area contributed by atoms with Gasteiger partial charge in [0.15, 0.2) is 0 Å². The van der Waals surface area contributed by atoms with Crippen molar-refractivity contribution in [2.45, 2.75) is 6.92 Å². The molecule has 0 aliphatic rings. The van der Waals surface area contributed by atoms with E-state index in [1.807, 2.05) is 0 Å². The highest BCUT2D eigenvalue weighted by molar-refractivity contribution is 5.95. The summed E-state index contributed by atoms with van der Waals surface area (Å²) < 4.78 is 0. The van der Waals surface area contributed by atoms with E-state index >= 15 is 0 Å². The van der Waals surface area contributed by atoms with Gasteiger partial charge in [-0.25, -0.2) is 0 Å². The Labute approximate surface area is 83.8 Å². The molecule has 0 radical (unpaired) electrons. The highest BCUT2D eigenvalue weighted by atomic mass is 16.2. The number of pyridine rings is 1. The third-order valence-corrected chi connectivity index (χ3v) is 1.91. The van der Waals surface area contributed by atoms with Crippen LogP contribution in [0.5, 0.6) is 0 Å². The predicted molar refractivity (Wildman–Crippen MR) is 54.8 cm³/mol. The molecule has 1 aromatic heterocycles. The van der Waals surface area contributed by atoms with Gasteiger partial charge in [0, 0.05) is 18.9 Å². The second kappa shape index (κ2) is 4.43. The third-order valence-electron chi connectivity index (χ3n) is 1.91. The largest absolute Gasteiger partial charge is 0.331 e. The molecule has 1 aromatic rings. The molecule has 1 rings (SSSR count). The Balaban J connectivity index is 2.91. The number of rotatable bonds is 2. The molecule has 1 amide bonds. The van der Waals surface area contributed by atoms with Crippen LogP contribution in [-0.2, 0) is 0 Å². The van der Waals surface area contributed by atoms with Gasteiger partial charge >= 0.3 is 0 Å². The van der Waals surface area contributed by atoms with Crippen molar-refractivity contribution in [2.75, 3.05) is 13.6 Å². The van der Waals surface area contributed by atoms with Crippen molar-refractivity contribution in [3.63, 3.8) is 0 Å². The summed E-state index contributed by atoms with van der Waals surface area (Å²) in [6.45, 7) is 2.12. The minimum Gasteiger partial charge on any atom is -0.331 e. The van der Waals surface area contributed by atoms with E-state index in [0.717, 1.165) is 5.69 Å². The molecule has 1 heterocycles. The molecular formula is C11H12N2O. The van der Waals surface area contributed by atoms with Crippen LogP contribution >= 0.6 is 0 Å². The quantitative estimate of drug-likeness (QED) is 0.651. The number of hydrogen-bond donors (Lipinski definition) is 0. The van der Waals surface area contributed by atoms with Crippen LogP contribution in [0.15, 0.2) is 18.3 Å². The molecule has 3 nitrogen and oxygen atoms in total. The summed E-state index contributed by atoms with van der Waals surface area (Å²) in [5.74, 6) is 2.33. The monoisotopic (exact) mass is 188 g/mol. The van der Waals surface area contributed by atoms with Gasteiger partial charge in [-0.05, 0) is 19.1 Å². The molecule has 0 bridgehead atoms. The van der Waals surface area contributed by atoms with E-state index in [1.54, 1.807) is 32.3 Å². The Morgan fingerprint density at radius 3 is 3.00 bits per heavy atom. The van der Waals surface area contributed by atoms with Crippen LogP contribution in [0.1, 0.15) is 16.1 Å². The maximum Gasteiger partial charge on any atom is 0.256 e. The van der Waals surface area contributed by atoms with E-state index in [4.69, 9.17) is 6.42 Å². The van der Waals surface area contributed by atoms with Crippen molar-refractivity contribution in [3.8, 4) is 12.3 Å². The Bertz CT molecular complexity index is 379. The molecule has 0 aromatic carbocycles. The second-order valence-electron chi connectivity index (χ2n) is 3.00. The number of aromatic nitrogens is 1. The molecule has 72 valence electrons. The summed E-state index contributed by atoms with van der Waals surface area (Å²) >= 11 is 0. The molecule has 14 heavy (non-hydrogen) atoms. The Morgan fingerprint density at radius 2 is 2.43 bits per heavy atom. The van der Waals surface area contributed by atoms with Gasteiger partial charge in [0.05, 0.1) is 12.1 Å². The summed E-state index contributed by atoms with van der Waals surface area (Å²) in [5.41, 5.74) is 1.33. The molecule has 3 heteroatoms. The first-order valence-electron chi connectivity index (χ1n) is 4.27. The van der Waals surface area contributed by atoms with E-state index in [2.05, 4.69) is 10.9 Å². The molecule has 0 N–H and O–H groups in total. The summed E-state index contributed by atoms with van der Waals surface area (Å²) in [7, 11) is 1.68. The van der Waals surface area contributed by atoms with Gasteiger partial charge in [0.2, 0.25) is 0 Å². The van der Waals surface area contributed by atoms with Crippen molar-refractivity contribution >= 4 is 5.91 Å². The Kier molecular flexibility index (Phi) is 3.24. The van der Waals surface area contributed by atoms with Gasteiger partial charge in [0.1, 0.15) is 0 Å². The predicted octanol–water partition coefficient (Wildman–Crippen LogP) is 1.10. The molecule has 0 saturated carbocycles. The minimum absolute atomic E-state index is 0.0893. The standard InChI is InChI=1S/C11H12N2O/c1-4-8-13(3)11(14)10-6-5-7-12-9(10)2/h1,5-7H,8H2,2-3H3. The minimum atomic E-state index is -0.0893. The molecule has 0 fully saturated rings. The van der Waals surface area contributed by atoms with Crippen molar-refractivity contribution < 1.29 is 4.79 Å². The zero-order chi connectivity index (χ0) is 10.6. The maximum atomic E-state index is 11.7. The average molecular weight is 188 g/mol. The number of nitrogens with zero attached hydrogens (tertiary/aromatic N) is 2. The highest BCUT2D eigenvalue weighted by Crippen LogP contribution is 2.06. The number of aryl methyl sites for hydroxylation is 1. The Hall–Kier alpha value is -1.82. The summed E-state index contributed by atoms with van der Waals surface area (Å²) in [6, 6.07) is 3.49. The molecule has 0 aliphatic heterocycles. The molecule has 0 atom stereocenters. The van der Waals surface area contributed by atoms with E-state index in [9.17, 15) is 4.79 Å². The van der Waals surface area contributed by atoms with Gasteiger partial charge in [-0.15, -0.1) is 6.42 Å². The average Bonchev–Trinajstić information content (AvgIpc) is 2.18. The Morgan fingerprint density at radius 1 is 1.71 bits per heavy atom. The van der Waals surface area contributed by atoms with E-state index in [1.165, 1.54) is 4.90 Å². The maximum absolute atomic E-state index is 11.7. The zero-order valence-electron chi connectivity index (χ0n) is 8.32. The fraction of sp³-hybridized carbons (Fsp3) is 0.273. The number of amides is 1. The fourth-order valence-electron chi connectivity index (χ4n) is 1.12. The van der Waals surface area contributed by atoms with Crippen molar-refractivity contribution in [1.82, 2.24) is 9.88 Å². The van der Waals surface area contributed by atoms with Crippen molar-refractivity contribution in [1.29, 1.82) is 0 Å². The van der Waals surface area contributed by atoms with E-state index in [0.29, 0.717) is 12.1 Å². The van der Waals surface area contributed by atoms with Crippen LogP contribution in [0.25, 0.3) is 0 Å². The summed E-state index contributed by atoms with van der Waals surface area (Å²) in [4.78, 5) is 17.3. The van der Waals surface area contributed by atoms with Crippen LogP contribution in [0.2, 0.25) is 0 Å². The van der Waals surface area contributed by atoms with E-state index < -0.39 is 0 Å². The van der Waals surface area contributed by atoms with E-state index in [-0.39, 0.29) is 5.91 Å². The lowest BCUT2D eigenvalue weighted by Crippen LogP contribution is -2.27. The highest BCUT2D eigenvalue weighted by Gasteiger charge is 2.12. The normalized spacial score (nSPS) is 9.21. The van der Waals surface area contributed by atoms with Crippen LogP contribution in [0, 0.1) is 19.3 Å². The van der Waals surface area contributed by atoms with Gasteiger partial charge in [0.25, 0.3) is 5.91 Å². The smallest absolute Gasteiger partial charge is 0.256 e. The first-order valence-corrected chi connectivity index (χ1v) is 4.27. The van der Waals surface area contributed by atoms with Crippen LogP contribution in [-0.4, -0.2) is 29.4 Å². The first-order chi connectivity index (χ1) is 6.66. The fourth-order valence-corrected chi connectivity index (χ4v) is 1.12. The van der Waals surface area contributed by atoms with Crippen molar-refractivity contribution in [3.05, 3.63) is 29.6 Å². The van der Waals surface area contributed by atoms with Gasteiger partial charge in [-0.1, -0.05) is 5.92 Å². The topological polar surface area (TPSA) is 33.2 Å². The molecule has 0 aliphatic carbocycles. The van der Waals surface area contributed by atoms with Crippen LogP contribution in [0.3, 0.4) is 0 Å². The van der Waals surface area contributed by atoms with Gasteiger partial charge < -0.3 is 4.90 Å². The third kappa shape index (κ3) is 2.11. The molecule has 0 unspecified atom stereocenters. The molecule has 0 saturated heterocycles. The number of hydrogen-bond acceptors (Lipinski definition) is 2. The van der Waals surface area contributed by atoms with Gasteiger partial charge in [-0.2, -0.15) is 0 Å². The molecule has 0 spiro atoms. The van der Waals surface area contributed by atoms with Crippen LogP contribution < -0.4 is 0 Å². The summed E-state index contributed by atoms with van der Waals surface area (Å²) in [6.07, 6.45) is 6.78. The van der Waals surface area contributed by atoms with Crippen LogP contribution in [0.4, 0.5) is 0 Å². The number of carbonyl (C=O) groups excluding carboxylic acids is 1. The SMILES string of the molecule is C#CCN(C)C(=O)c1cccnc1C. The number of terminal acetylenes is 1. The summed E-state index contributed by atoms with van der Waals surface area (Å²) in [5, 5.41) is 0. The van der Waals surface area contributed by atoms with Gasteiger partial charge in [-0.3, -0.25) is 9.78 Å². The number of carbonyl (C=O) groups is 1. The lowest BCUT2D eigenvalue weighted by atomic mass is 10.2. The molecular weight excluding hydrogens is 176 g/mol. The van der Waals surface area contributed by atoms with Crippen molar-refractivity contribution in [2.24, 2.45) is 0 Å². The first kappa shape index (κ1) is 10.3. The lowest BCUT2D eigenvalue weighted by Gasteiger charge is -2.14.